The molecule has 0 spiro atoms. The largest absolute Gasteiger partial charge is 0.481 e. The average molecular weight is 243 g/mol. The van der Waals surface area contributed by atoms with E-state index in [-0.39, 0.29) is 23.5 Å². The number of carboxylic acids is 1. The first-order valence-electron chi connectivity index (χ1n) is 4.72. The Hall–Kier alpha value is -1.43. The first-order valence-corrected chi connectivity index (χ1v) is 5.87. The predicted molar refractivity (Wildman–Crippen MR) is 60.2 cm³/mol. The minimum absolute atomic E-state index is 0.0669. The number of furan rings is 1. The summed E-state index contributed by atoms with van der Waals surface area (Å²) in [6.45, 7) is 1.80. The van der Waals surface area contributed by atoms with Gasteiger partial charge in [-0.2, -0.15) is 0 Å². The molecule has 0 bridgehead atoms. The SMILES string of the molecule is CC(NC(=O)CSCC(=O)O)c1ccco1. The summed E-state index contributed by atoms with van der Waals surface area (Å²) in [5, 5.41) is 11.1. The number of hydrogen-bond acceptors (Lipinski definition) is 4. The van der Waals surface area contributed by atoms with Crippen LogP contribution >= 0.6 is 11.8 Å². The van der Waals surface area contributed by atoms with Crippen LogP contribution < -0.4 is 5.32 Å². The van der Waals surface area contributed by atoms with Crippen molar-refractivity contribution in [1.82, 2.24) is 5.32 Å². The Kier molecular flexibility index (Phi) is 4.91. The van der Waals surface area contributed by atoms with Crippen LogP contribution in [0.3, 0.4) is 0 Å². The van der Waals surface area contributed by atoms with Gasteiger partial charge in [0.15, 0.2) is 0 Å². The topological polar surface area (TPSA) is 79.5 Å². The van der Waals surface area contributed by atoms with Crippen LogP contribution in [0.1, 0.15) is 18.7 Å². The molecule has 1 aromatic rings. The summed E-state index contributed by atoms with van der Waals surface area (Å²) >= 11 is 1.07. The molecule has 0 radical (unpaired) electrons. The van der Waals surface area contributed by atoms with Crippen LogP contribution in [0, 0.1) is 0 Å². The quantitative estimate of drug-likeness (QED) is 0.786. The van der Waals surface area contributed by atoms with Crippen LogP contribution in [-0.2, 0) is 9.59 Å². The third kappa shape index (κ3) is 4.39. The van der Waals surface area contributed by atoms with E-state index >= 15 is 0 Å². The summed E-state index contributed by atoms with van der Waals surface area (Å²) < 4.78 is 5.12. The van der Waals surface area contributed by atoms with E-state index in [0.717, 1.165) is 11.8 Å². The lowest BCUT2D eigenvalue weighted by molar-refractivity contribution is -0.133. The highest BCUT2D eigenvalue weighted by Gasteiger charge is 2.11. The first-order chi connectivity index (χ1) is 7.59. The van der Waals surface area contributed by atoms with Crippen LogP contribution in [0.15, 0.2) is 22.8 Å². The molecule has 0 fully saturated rings. The molecule has 1 amide bonds. The number of carbonyl (C=O) groups excluding carboxylic acids is 1. The standard InChI is InChI=1S/C10H13NO4S/c1-7(8-3-2-4-15-8)11-9(12)5-16-6-10(13)14/h2-4,7H,5-6H2,1H3,(H,11,12)(H,13,14). The van der Waals surface area contributed by atoms with Gasteiger partial charge in [0.05, 0.1) is 23.8 Å². The summed E-state index contributed by atoms with van der Waals surface area (Å²) in [5.74, 6) is -0.372. The molecule has 0 saturated heterocycles. The Labute approximate surface area is 97.2 Å². The van der Waals surface area contributed by atoms with Crippen LogP contribution in [0.4, 0.5) is 0 Å². The third-order valence-electron chi connectivity index (χ3n) is 1.81. The van der Waals surface area contributed by atoms with E-state index in [2.05, 4.69) is 5.32 Å². The summed E-state index contributed by atoms with van der Waals surface area (Å²) in [5.41, 5.74) is 0. The number of thioether (sulfide) groups is 1. The molecule has 0 saturated carbocycles. The summed E-state index contributed by atoms with van der Waals surface area (Å²) in [6.07, 6.45) is 1.54. The van der Waals surface area contributed by atoms with Crippen LogP contribution in [0.25, 0.3) is 0 Å². The molecule has 16 heavy (non-hydrogen) atoms. The Morgan fingerprint density at radius 3 is 2.88 bits per heavy atom. The maximum atomic E-state index is 11.4. The molecule has 0 aliphatic heterocycles. The second-order valence-corrected chi connectivity index (χ2v) is 4.18. The number of hydrogen-bond donors (Lipinski definition) is 2. The van der Waals surface area contributed by atoms with Gasteiger partial charge in [0.25, 0.3) is 0 Å². The van der Waals surface area contributed by atoms with Crippen molar-refractivity contribution in [3.8, 4) is 0 Å². The van der Waals surface area contributed by atoms with E-state index in [0.29, 0.717) is 5.76 Å². The molecule has 1 rings (SSSR count). The average Bonchev–Trinajstić information content (AvgIpc) is 2.69. The lowest BCUT2D eigenvalue weighted by atomic mass is 10.2. The van der Waals surface area contributed by atoms with Gasteiger partial charge in [-0.15, -0.1) is 11.8 Å². The molecular formula is C10H13NO4S. The number of rotatable bonds is 6. The van der Waals surface area contributed by atoms with E-state index < -0.39 is 5.97 Å². The van der Waals surface area contributed by atoms with Gasteiger partial charge in [0.2, 0.25) is 5.91 Å². The van der Waals surface area contributed by atoms with Gasteiger partial charge in [-0.05, 0) is 19.1 Å². The molecule has 2 N–H and O–H groups in total. The fourth-order valence-corrected chi connectivity index (χ4v) is 1.67. The maximum Gasteiger partial charge on any atom is 0.313 e. The highest BCUT2D eigenvalue weighted by Crippen LogP contribution is 2.12. The van der Waals surface area contributed by atoms with Crippen molar-refractivity contribution in [1.29, 1.82) is 0 Å². The second-order valence-electron chi connectivity index (χ2n) is 3.19. The predicted octanol–water partition coefficient (Wildman–Crippen LogP) is 1.27. The second kappa shape index (κ2) is 6.22. The van der Waals surface area contributed by atoms with Gasteiger partial charge in [-0.3, -0.25) is 9.59 Å². The van der Waals surface area contributed by atoms with Crippen molar-refractivity contribution in [3.63, 3.8) is 0 Å². The molecule has 0 aromatic carbocycles. The molecule has 88 valence electrons. The van der Waals surface area contributed by atoms with E-state index in [1.165, 1.54) is 6.26 Å². The van der Waals surface area contributed by atoms with E-state index in [4.69, 9.17) is 9.52 Å². The Balaban J connectivity index is 2.26. The normalized spacial score (nSPS) is 12.1. The molecule has 1 heterocycles. The number of nitrogens with one attached hydrogen (secondary N) is 1. The van der Waals surface area contributed by atoms with Crippen molar-refractivity contribution in [3.05, 3.63) is 24.2 Å². The van der Waals surface area contributed by atoms with E-state index in [9.17, 15) is 9.59 Å². The summed E-state index contributed by atoms with van der Waals surface area (Å²) in [7, 11) is 0. The number of amides is 1. The van der Waals surface area contributed by atoms with Crippen molar-refractivity contribution < 1.29 is 19.1 Å². The van der Waals surface area contributed by atoms with Crippen molar-refractivity contribution in [2.75, 3.05) is 11.5 Å². The molecule has 0 aliphatic carbocycles. The van der Waals surface area contributed by atoms with E-state index in [1.54, 1.807) is 19.1 Å². The van der Waals surface area contributed by atoms with Gasteiger partial charge in [0.1, 0.15) is 5.76 Å². The number of aliphatic carboxylic acids is 1. The van der Waals surface area contributed by atoms with Crippen molar-refractivity contribution in [2.45, 2.75) is 13.0 Å². The monoisotopic (exact) mass is 243 g/mol. The molecular weight excluding hydrogens is 230 g/mol. The van der Waals surface area contributed by atoms with Gasteiger partial charge in [-0.1, -0.05) is 0 Å². The zero-order valence-electron chi connectivity index (χ0n) is 8.80. The minimum atomic E-state index is -0.920. The van der Waals surface area contributed by atoms with Gasteiger partial charge in [-0.25, -0.2) is 0 Å². The lowest BCUT2D eigenvalue weighted by Gasteiger charge is -2.10. The first kappa shape index (κ1) is 12.6. The number of carbonyl (C=O) groups is 2. The lowest BCUT2D eigenvalue weighted by Crippen LogP contribution is -2.28. The Bertz CT molecular complexity index is 350. The molecule has 0 aliphatic rings. The Morgan fingerprint density at radius 2 is 2.31 bits per heavy atom. The molecule has 1 unspecified atom stereocenters. The highest BCUT2D eigenvalue weighted by molar-refractivity contribution is 8.00. The third-order valence-corrected chi connectivity index (χ3v) is 2.72. The Morgan fingerprint density at radius 1 is 1.56 bits per heavy atom. The number of carboxylic acid groups (broad SMARTS) is 1. The molecule has 6 heteroatoms. The smallest absolute Gasteiger partial charge is 0.313 e. The highest BCUT2D eigenvalue weighted by atomic mass is 32.2. The summed E-state index contributed by atoms with van der Waals surface area (Å²) in [4.78, 5) is 21.6. The molecule has 1 aromatic heterocycles. The summed E-state index contributed by atoms with van der Waals surface area (Å²) in [6, 6.07) is 3.32. The molecule has 1 atom stereocenters. The van der Waals surface area contributed by atoms with Crippen molar-refractivity contribution in [2.24, 2.45) is 0 Å². The zero-order chi connectivity index (χ0) is 12.0. The minimum Gasteiger partial charge on any atom is -0.481 e. The van der Waals surface area contributed by atoms with Crippen LogP contribution in [0.5, 0.6) is 0 Å². The van der Waals surface area contributed by atoms with Gasteiger partial charge in [0, 0.05) is 0 Å². The fraction of sp³-hybridized carbons (Fsp3) is 0.400. The zero-order valence-corrected chi connectivity index (χ0v) is 9.62. The van der Waals surface area contributed by atoms with Crippen molar-refractivity contribution >= 4 is 23.6 Å². The fourth-order valence-electron chi connectivity index (χ4n) is 1.12. The van der Waals surface area contributed by atoms with Gasteiger partial charge >= 0.3 is 5.97 Å². The van der Waals surface area contributed by atoms with Gasteiger partial charge < -0.3 is 14.8 Å². The van der Waals surface area contributed by atoms with Crippen LogP contribution in [0.2, 0.25) is 0 Å². The molecule has 5 nitrogen and oxygen atoms in total. The maximum absolute atomic E-state index is 11.4. The van der Waals surface area contributed by atoms with E-state index in [1.807, 2.05) is 0 Å². The van der Waals surface area contributed by atoms with Crippen LogP contribution in [-0.4, -0.2) is 28.5 Å².